The summed E-state index contributed by atoms with van der Waals surface area (Å²) in [6.07, 6.45) is -0.700. The molecule has 0 saturated heterocycles. The molecule has 0 aliphatic rings. The quantitative estimate of drug-likeness (QED) is 0.801. The first-order valence-electron chi connectivity index (χ1n) is 6.39. The minimum atomic E-state index is -0.960. The standard InChI is InChI=1S/C14H21F2NO2/c1-9(2)10(3)17-7-11(18)8-19-12-4-5-13(15)14(16)6-12/h4-6,9-11,17-18H,7-8H2,1-3H3. The summed E-state index contributed by atoms with van der Waals surface area (Å²) in [4.78, 5) is 0. The number of aliphatic hydroxyl groups is 1. The summed E-state index contributed by atoms with van der Waals surface area (Å²) >= 11 is 0. The Hall–Kier alpha value is -1.20. The summed E-state index contributed by atoms with van der Waals surface area (Å²) in [6, 6.07) is 3.58. The van der Waals surface area contributed by atoms with Crippen molar-refractivity contribution in [3.8, 4) is 5.75 Å². The van der Waals surface area contributed by atoms with Crippen LogP contribution in [-0.2, 0) is 0 Å². The lowest BCUT2D eigenvalue weighted by Gasteiger charge is -2.20. The highest BCUT2D eigenvalue weighted by molar-refractivity contribution is 5.23. The number of rotatable bonds is 7. The number of hydrogen-bond acceptors (Lipinski definition) is 3. The second-order valence-corrected chi connectivity index (χ2v) is 4.98. The molecule has 0 bridgehead atoms. The van der Waals surface area contributed by atoms with Gasteiger partial charge in [-0.2, -0.15) is 0 Å². The number of benzene rings is 1. The van der Waals surface area contributed by atoms with Crippen LogP contribution in [0.2, 0.25) is 0 Å². The number of aliphatic hydroxyl groups excluding tert-OH is 1. The van der Waals surface area contributed by atoms with Gasteiger partial charge in [-0.25, -0.2) is 8.78 Å². The Balaban J connectivity index is 2.33. The molecule has 0 radical (unpaired) electrons. The van der Waals surface area contributed by atoms with Crippen molar-refractivity contribution < 1.29 is 18.6 Å². The second kappa shape index (κ2) is 7.40. The zero-order valence-electron chi connectivity index (χ0n) is 11.5. The van der Waals surface area contributed by atoms with E-state index in [0.717, 1.165) is 12.1 Å². The van der Waals surface area contributed by atoms with E-state index in [1.165, 1.54) is 6.07 Å². The van der Waals surface area contributed by atoms with Crippen molar-refractivity contribution in [1.29, 1.82) is 0 Å². The summed E-state index contributed by atoms with van der Waals surface area (Å²) < 4.78 is 30.8. The van der Waals surface area contributed by atoms with Gasteiger partial charge in [0.15, 0.2) is 11.6 Å². The molecule has 0 aliphatic heterocycles. The van der Waals surface area contributed by atoms with Gasteiger partial charge in [-0.3, -0.25) is 0 Å². The summed E-state index contributed by atoms with van der Waals surface area (Å²) in [5, 5.41) is 12.9. The maximum absolute atomic E-state index is 12.9. The summed E-state index contributed by atoms with van der Waals surface area (Å²) in [5.74, 6) is -1.20. The zero-order valence-corrected chi connectivity index (χ0v) is 11.5. The van der Waals surface area contributed by atoms with Gasteiger partial charge in [0.1, 0.15) is 18.5 Å². The molecule has 1 aromatic rings. The Bertz CT molecular complexity index is 399. The van der Waals surface area contributed by atoms with E-state index < -0.39 is 17.7 Å². The normalized spacial score (nSPS) is 14.5. The molecule has 0 fully saturated rings. The van der Waals surface area contributed by atoms with Gasteiger partial charge in [-0.15, -0.1) is 0 Å². The van der Waals surface area contributed by atoms with Crippen molar-refractivity contribution in [3.05, 3.63) is 29.8 Å². The summed E-state index contributed by atoms with van der Waals surface area (Å²) in [7, 11) is 0. The predicted molar refractivity (Wildman–Crippen MR) is 70.2 cm³/mol. The van der Waals surface area contributed by atoms with Crippen LogP contribution in [0.1, 0.15) is 20.8 Å². The third kappa shape index (κ3) is 5.53. The van der Waals surface area contributed by atoms with Crippen LogP contribution in [-0.4, -0.2) is 30.4 Å². The van der Waals surface area contributed by atoms with Crippen LogP contribution in [0, 0.1) is 17.6 Å². The van der Waals surface area contributed by atoms with E-state index >= 15 is 0 Å². The van der Waals surface area contributed by atoms with Gasteiger partial charge in [-0.05, 0) is 25.0 Å². The van der Waals surface area contributed by atoms with Crippen LogP contribution >= 0.6 is 0 Å². The molecule has 2 unspecified atom stereocenters. The van der Waals surface area contributed by atoms with E-state index in [9.17, 15) is 13.9 Å². The average Bonchev–Trinajstić information content (AvgIpc) is 2.37. The van der Waals surface area contributed by atoms with Crippen molar-refractivity contribution in [2.45, 2.75) is 32.9 Å². The molecule has 2 atom stereocenters. The third-order valence-corrected chi connectivity index (χ3v) is 3.01. The third-order valence-electron chi connectivity index (χ3n) is 3.01. The van der Waals surface area contributed by atoms with Gasteiger partial charge in [0.2, 0.25) is 0 Å². The Morgan fingerprint density at radius 3 is 2.47 bits per heavy atom. The van der Waals surface area contributed by atoms with Crippen LogP contribution in [0.15, 0.2) is 18.2 Å². The van der Waals surface area contributed by atoms with Gasteiger partial charge in [-0.1, -0.05) is 13.8 Å². The van der Waals surface area contributed by atoms with E-state index in [4.69, 9.17) is 4.74 Å². The SMILES string of the molecule is CC(C)C(C)NCC(O)COc1ccc(F)c(F)c1. The Labute approximate surface area is 112 Å². The second-order valence-electron chi connectivity index (χ2n) is 4.98. The number of halogens is 2. The van der Waals surface area contributed by atoms with Gasteiger partial charge < -0.3 is 15.2 Å². The molecule has 0 aliphatic carbocycles. The molecular formula is C14H21F2NO2. The molecule has 0 heterocycles. The molecule has 1 aromatic carbocycles. The Kier molecular flexibility index (Phi) is 6.18. The highest BCUT2D eigenvalue weighted by Crippen LogP contribution is 2.15. The maximum atomic E-state index is 12.9. The van der Waals surface area contributed by atoms with Gasteiger partial charge in [0.25, 0.3) is 0 Å². The zero-order chi connectivity index (χ0) is 14.4. The van der Waals surface area contributed by atoms with Crippen molar-refractivity contribution in [2.75, 3.05) is 13.2 Å². The summed E-state index contributed by atoms with van der Waals surface area (Å²) in [6.45, 7) is 6.63. The fourth-order valence-electron chi connectivity index (χ4n) is 1.38. The van der Waals surface area contributed by atoms with Gasteiger partial charge >= 0.3 is 0 Å². The van der Waals surface area contributed by atoms with E-state index in [-0.39, 0.29) is 18.4 Å². The predicted octanol–water partition coefficient (Wildman–Crippen LogP) is 2.34. The number of ether oxygens (including phenoxy) is 1. The van der Waals surface area contributed by atoms with E-state index in [1.54, 1.807) is 0 Å². The smallest absolute Gasteiger partial charge is 0.162 e. The molecule has 19 heavy (non-hydrogen) atoms. The average molecular weight is 273 g/mol. The lowest BCUT2D eigenvalue weighted by molar-refractivity contribution is 0.102. The summed E-state index contributed by atoms with van der Waals surface area (Å²) in [5.41, 5.74) is 0. The van der Waals surface area contributed by atoms with Crippen LogP contribution in [0.5, 0.6) is 5.75 Å². The molecule has 0 aromatic heterocycles. The highest BCUT2D eigenvalue weighted by Gasteiger charge is 2.11. The first-order valence-corrected chi connectivity index (χ1v) is 6.39. The molecule has 2 N–H and O–H groups in total. The van der Waals surface area contributed by atoms with Crippen LogP contribution in [0.25, 0.3) is 0 Å². The molecule has 0 spiro atoms. The number of hydrogen-bond donors (Lipinski definition) is 2. The first kappa shape index (κ1) is 15.9. The van der Waals surface area contributed by atoms with Crippen molar-refractivity contribution in [1.82, 2.24) is 5.32 Å². The largest absolute Gasteiger partial charge is 0.491 e. The molecule has 0 amide bonds. The Morgan fingerprint density at radius 1 is 1.21 bits per heavy atom. The fourth-order valence-corrected chi connectivity index (χ4v) is 1.38. The Morgan fingerprint density at radius 2 is 1.89 bits per heavy atom. The molecule has 3 nitrogen and oxygen atoms in total. The number of nitrogens with one attached hydrogen (secondary N) is 1. The maximum Gasteiger partial charge on any atom is 0.162 e. The molecule has 5 heteroatoms. The van der Waals surface area contributed by atoms with E-state index in [0.29, 0.717) is 12.5 Å². The molecule has 1 rings (SSSR count). The fraction of sp³-hybridized carbons (Fsp3) is 0.571. The minimum absolute atomic E-state index is 0.0306. The lowest BCUT2D eigenvalue weighted by Crippen LogP contribution is -2.38. The van der Waals surface area contributed by atoms with Crippen molar-refractivity contribution in [3.63, 3.8) is 0 Å². The van der Waals surface area contributed by atoms with Crippen molar-refractivity contribution in [2.24, 2.45) is 5.92 Å². The van der Waals surface area contributed by atoms with Crippen LogP contribution < -0.4 is 10.1 Å². The van der Waals surface area contributed by atoms with Crippen LogP contribution in [0.3, 0.4) is 0 Å². The van der Waals surface area contributed by atoms with E-state index in [1.807, 2.05) is 6.92 Å². The monoisotopic (exact) mass is 273 g/mol. The van der Waals surface area contributed by atoms with Gasteiger partial charge in [0, 0.05) is 18.7 Å². The molecule has 0 saturated carbocycles. The minimum Gasteiger partial charge on any atom is -0.491 e. The first-order chi connectivity index (χ1) is 8.90. The topological polar surface area (TPSA) is 41.5 Å². The van der Waals surface area contributed by atoms with Crippen LogP contribution in [0.4, 0.5) is 8.78 Å². The van der Waals surface area contributed by atoms with Gasteiger partial charge in [0.05, 0.1) is 0 Å². The van der Waals surface area contributed by atoms with Crippen molar-refractivity contribution >= 4 is 0 Å². The highest BCUT2D eigenvalue weighted by atomic mass is 19.2. The molecular weight excluding hydrogens is 252 g/mol. The molecule has 108 valence electrons. The lowest BCUT2D eigenvalue weighted by atomic mass is 10.1. The van der Waals surface area contributed by atoms with E-state index in [2.05, 4.69) is 19.2 Å².